The third-order valence-corrected chi connectivity index (χ3v) is 3.13. The van der Waals surface area contributed by atoms with E-state index in [1.165, 1.54) is 19.3 Å². The summed E-state index contributed by atoms with van der Waals surface area (Å²) in [5.74, 6) is 0.778. The molecule has 0 aliphatic rings. The SMILES string of the molecule is CC(=O)c1ccc(NC(=O)c2cnc(NCC(C)C)cn2)cc1. The van der Waals surface area contributed by atoms with Crippen molar-refractivity contribution in [3.63, 3.8) is 0 Å². The molecule has 120 valence electrons. The molecule has 0 radical (unpaired) electrons. The molecule has 0 unspecified atom stereocenters. The van der Waals surface area contributed by atoms with Gasteiger partial charge in [0.1, 0.15) is 11.5 Å². The van der Waals surface area contributed by atoms with E-state index in [4.69, 9.17) is 0 Å². The molecule has 0 fully saturated rings. The number of nitrogens with one attached hydrogen (secondary N) is 2. The number of rotatable bonds is 6. The largest absolute Gasteiger partial charge is 0.369 e. The van der Waals surface area contributed by atoms with E-state index in [0.29, 0.717) is 23.0 Å². The monoisotopic (exact) mass is 312 g/mol. The third-order valence-electron chi connectivity index (χ3n) is 3.13. The second kappa shape index (κ2) is 7.49. The fourth-order valence-corrected chi connectivity index (χ4v) is 1.83. The first-order chi connectivity index (χ1) is 11.0. The van der Waals surface area contributed by atoms with Crippen LogP contribution in [0.3, 0.4) is 0 Å². The van der Waals surface area contributed by atoms with Crippen molar-refractivity contribution >= 4 is 23.2 Å². The summed E-state index contributed by atoms with van der Waals surface area (Å²) in [6.07, 6.45) is 2.97. The van der Waals surface area contributed by atoms with Crippen LogP contribution in [0.2, 0.25) is 0 Å². The number of hydrogen-bond acceptors (Lipinski definition) is 5. The lowest BCUT2D eigenvalue weighted by molar-refractivity contribution is 0.101. The maximum absolute atomic E-state index is 12.1. The molecule has 2 aromatic rings. The van der Waals surface area contributed by atoms with Crippen LogP contribution in [0.15, 0.2) is 36.7 Å². The maximum atomic E-state index is 12.1. The molecule has 0 bridgehead atoms. The van der Waals surface area contributed by atoms with Crippen LogP contribution in [0.5, 0.6) is 0 Å². The van der Waals surface area contributed by atoms with E-state index < -0.39 is 0 Å². The fraction of sp³-hybridized carbons (Fsp3) is 0.294. The lowest BCUT2D eigenvalue weighted by Crippen LogP contribution is -2.15. The van der Waals surface area contributed by atoms with Crippen LogP contribution in [0.25, 0.3) is 0 Å². The van der Waals surface area contributed by atoms with Crippen molar-refractivity contribution in [2.24, 2.45) is 5.92 Å². The van der Waals surface area contributed by atoms with Gasteiger partial charge in [0.2, 0.25) is 0 Å². The molecule has 0 saturated heterocycles. The van der Waals surface area contributed by atoms with E-state index >= 15 is 0 Å². The van der Waals surface area contributed by atoms with Crippen molar-refractivity contribution in [2.45, 2.75) is 20.8 Å². The Hall–Kier alpha value is -2.76. The van der Waals surface area contributed by atoms with Crippen LogP contribution < -0.4 is 10.6 Å². The van der Waals surface area contributed by atoms with Gasteiger partial charge >= 0.3 is 0 Å². The molecule has 6 heteroatoms. The number of nitrogens with zero attached hydrogens (tertiary/aromatic N) is 2. The molecular formula is C17H20N4O2. The Bertz CT molecular complexity index is 679. The fourth-order valence-electron chi connectivity index (χ4n) is 1.83. The Morgan fingerprint density at radius 1 is 1.09 bits per heavy atom. The van der Waals surface area contributed by atoms with Gasteiger partial charge in [0.25, 0.3) is 5.91 Å². The lowest BCUT2D eigenvalue weighted by atomic mass is 10.1. The number of ketones is 1. The number of hydrogen-bond donors (Lipinski definition) is 2. The predicted molar refractivity (Wildman–Crippen MR) is 89.8 cm³/mol. The first kappa shape index (κ1) is 16.6. The van der Waals surface area contributed by atoms with Crippen molar-refractivity contribution in [3.8, 4) is 0 Å². The summed E-state index contributed by atoms with van der Waals surface area (Å²) in [4.78, 5) is 31.6. The number of amides is 1. The van der Waals surface area contributed by atoms with Gasteiger partial charge in [0.15, 0.2) is 5.78 Å². The average Bonchev–Trinajstić information content (AvgIpc) is 2.54. The van der Waals surface area contributed by atoms with Gasteiger partial charge in [-0.25, -0.2) is 9.97 Å². The van der Waals surface area contributed by atoms with Crippen molar-refractivity contribution in [2.75, 3.05) is 17.2 Å². The summed E-state index contributed by atoms with van der Waals surface area (Å²) in [7, 11) is 0. The molecule has 0 saturated carbocycles. The molecule has 0 aliphatic carbocycles. The molecule has 0 spiro atoms. The number of aromatic nitrogens is 2. The second-order valence-electron chi connectivity index (χ2n) is 5.65. The smallest absolute Gasteiger partial charge is 0.275 e. The van der Waals surface area contributed by atoms with Crippen molar-refractivity contribution < 1.29 is 9.59 Å². The van der Waals surface area contributed by atoms with E-state index in [-0.39, 0.29) is 17.4 Å². The highest BCUT2D eigenvalue weighted by Gasteiger charge is 2.09. The van der Waals surface area contributed by atoms with Crippen molar-refractivity contribution in [1.29, 1.82) is 0 Å². The molecule has 1 amide bonds. The molecule has 23 heavy (non-hydrogen) atoms. The van der Waals surface area contributed by atoms with E-state index in [1.54, 1.807) is 24.3 Å². The molecule has 1 aromatic heterocycles. The highest BCUT2D eigenvalue weighted by molar-refractivity contribution is 6.03. The molecular weight excluding hydrogens is 292 g/mol. The minimum atomic E-state index is -0.344. The van der Waals surface area contributed by atoms with Crippen LogP contribution in [-0.2, 0) is 0 Å². The number of Topliss-reactive ketones (excluding diaryl/α,β-unsaturated/α-hetero) is 1. The van der Waals surface area contributed by atoms with Gasteiger partial charge in [-0.15, -0.1) is 0 Å². The quantitative estimate of drug-likeness (QED) is 0.801. The number of carbonyl (C=O) groups is 2. The van der Waals surface area contributed by atoms with Gasteiger partial charge in [-0.3, -0.25) is 9.59 Å². The van der Waals surface area contributed by atoms with Gasteiger partial charge in [-0.1, -0.05) is 13.8 Å². The molecule has 0 atom stereocenters. The Kier molecular flexibility index (Phi) is 5.41. The van der Waals surface area contributed by atoms with Crippen molar-refractivity contribution in [3.05, 3.63) is 47.9 Å². The van der Waals surface area contributed by atoms with Crippen LogP contribution in [0.1, 0.15) is 41.6 Å². The van der Waals surface area contributed by atoms with E-state index in [2.05, 4.69) is 34.4 Å². The van der Waals surface area contributed by atoms with Gasteiger partial charge < -0.3 is 10.6 Å². The third kappa shape index (κ3) is 4.88. The zero-order chi connectivity index (χ0) is 16.8. The van der Waals surface area contributed by atoms with Crippen molar-refractivity contribution in [1.82, 2.24) is 9.97 Å². The second-order valence-corrected chi connectivity index (χ2v) is 5.65. The lowest BCUT2D eigenvalue weighted by Gasteiger charge is -2.08. The summed E-state index contributed by atoms with van der Waals surface area (Å²) in [5, 5.41) is 5.86. The number of carbonyl (C=O) groups excluding carboxylic acids is 2. The van der Waals surface area contributed by atoms with Gasteiger partial charge in [-0.05, 0) is 37.1 Å². The molecule has 2 rings (SSSR count). The molecule has 6 nitrogen and oxygen atoms in total. The first-order valence-electron chi connectivity index (χ1n) is 7.44. The summed E-state index contributed by atoms with van der Waals surface area (Å²) < 4.78 is 0. The summed E-state index contributed by atoms with van der Waals surface area (Å²) in [6, 6.07) is 6.70. The summed E-state index contributed by atoms with van der Waals surface area (Å²) in [5.41, 5.74) is 1.43. The summed E-state index contributed by atoms with van der Waals surface area (Å²) in [6.45, 7) is 6.49. The standard InChI is InChI=1S/C17H20N4O2/c1-11(2)8-19-16-10-18-15(9-20-16)17(23)21-14-6-4-13(5-7-14)12(3)22/h4-7,9-11H,8H2,1-3H3,(H,19,20)(H,21,23). The topological polar surface area (TPSA) is 84.0 Å². The minimum absolute atomic E-state index is 0.0155. The molecule has 1 heterocycles. The van der Waals surface area contributed by atoms with Crippen LogP contribution in [0.4, 0.5) is 11.5 Å². The highest BCUT2D eigenvalue weighted by Crippen LogP contribution is 2.11. The van der Waals surface area contributed by atoms with E-state index in [1.807, 2.05) is 0 Å². The van der Waals surface area contributed by atoms with Gasteiger partial charge in [0, 0.05) is 17.8 Å². The molecule has 2 N–H and O–H groups in total. The Labute approximate surface area is 135 Å². The Balaban J connectivity index is 1.98. The van der Waals surface area contributed by atoms with E-state index in [0.717, 1.165) is 6.54 Å². The highest BCUT2D eigenvalue weighted by atomic mass is 16.2. The first-order valence-corrected chi connectivity index (χ1v) is 7.44. The zero-order valence-electron chi connectivity index (χ0n) is 13.5. The van der Waals surface area contributed by atoms with Crippen LogP contribution in [0, 0.1) is 5.92 Å². The molecule has 1 aromatic carbocycles. The van der Waals surface area contributed by atoms with Crippen LogP contribution >= 0.6 is 0 Å². The van der Waals surface area contributed by atoms with Gasteiger partial charge in [-0.2, -0.15) is 0 Å². The summed E-state index contributed by atoms with van der Waals surface area (Å²) >= 11 is 0. The van der Waals surface area contributed by atoms with Gasteiger partial charge in [0.05, 0.1) is 12.4 Å². The Morgan fingerprint density at radius 3 is 2.30 bits per heavy atom. The minimum Gasteiger partial charge on any atom is -0.369 e. The number of anilines is 2. The van der Waals surface area contributed by atoms with E-state index in [9.17, 15) is 9.59 Å². The normalized spacial score (nSPS) is 10.4. The van der Waals surface area contributed by atoms with Crippen LogP contribution in [-0.4, -0.2) is 28.2 Å². The molecule has 0 aliphatic heterocycles. The zero-order valence-corrected chi connectivity index (χ0v) is 13.5. The maximum Gasteiger partial charge on any atom is 0.275 e. The average molecular weight is 312 g/mol. The predicted octanol–water partition coefficient (Wildman–Crippen LogP) is 3.00. The Morgan fingerprint density at radius 2 is 1.78 bits per heavy atom. The number of benzene rings is 1.